The smallest absolute Gasteiger partial charge is 0.343 e. The van der Waals surface area contributed by atoms with Crippen molar-refractivity contribution in [2.24, 2.45) is 0 Å². The number of pyridine rings is 1. The van der Waals surface area contributed by atoms with E-state index in [0.29, 0.717) is 5.52 Å². The summed E-state index contributed by atoms with van der Waals surface area (Å²) >= 11 is 3.04. The summed E-state index contributed by atoms with van der Waals surface area (Å²) in [5.41, 5.74) is -0.483. The predicted octanol–water partition coefficient (Wildman–Crippen LogP) is 2.62. The van der Waals surface area contributed by atoms with Crippen molar-refractivity contribution in [2.45, 2.75) is 6.92 Å². The van der Waals surface area contributed by atoms with Crippen LogP contribution >= 0.6 is 15.9 Å². The van der Waals surface area contributed by atoms with Gasteiger partial charge < -0.3 is 14.5 Å². The van der Waals surface area contributed by atoms with E-state index in [1.54, 1.807) is 6.92 Å². The Kier molecular flexibility index (Phi) is 4.08. The molecule has 106 valence electrons. The number of aromatic amines is 1. The number of esters is 1. The molecule has 0 fully saturated rings. The van der Waals surface area contributed by atoms with Gasteiger partial charge in [-0.05, 0) is 28.9 Å². The second-order valence-corrected chi connectivity index (χ2v) is 4.67. The van der Waals surface area contributed by atoms with Gasteiger partial charge in [-0.3, -0.25) is 4.79 Å². The molecule has 0 spiro atoms. The molecule has 2 rings (SSSR count). The van der Waals surface area contributed by atoms with Gasteiger partial charge in [0.25, 0.3) is 0 Å². The number of H-pyrrole nitrogens is 1. The summed E-state index contributed by atoms with van der Waals surface area (Å²) in [6, 6.07) is 1.05. The standard InChI is InChI=1S/C13H11BrFNO4/c1-3-20-13(18)7-5-16-10-6(11(7)17)4-8(15)9(14)12(10)19-2/h4-5H,3H2,1-2H3,(H,16,17). The van der Waals surface area contributed by atoms with Crippen LogP contribution in [-0.4, -0.2) is 24.7 Å². The fourth-order valence-corrected chi connectivity index (χ4v) is 2.31. The molecule has 20 heavy (non-hydrogen) atoms. The molecular formula is C13H11BrFNO4. The molecule has 1 aromatic carbocycles. The highest BCUT2D eigenvalue weighted by atomic mass is 79.9. The predicted molar refractivity (Wildman–Crippen MR) is 74.7 cm³/mol. The van der Waals surface area contributed by atoms with Crippen molar-refractivity contribution in [3.63, 3.8) is 0 Å². The summed E-state index contributed by atoms with van der Waals surface area (Å²) in [5.74, 6) is -1.24. The van der Waals surface area contributed by atoms with Crippen LogP contribution in [0.3, 0.4) is 0 Å². The highest BCUT2D eigenvalue weighted by molar-refractivity contribution is 9.10. The molecule has 0 aliphatic heterocycles. The molecule has 7 heteroatoms. The third-order valence-electron chi connectivity index (χ3n) is 2.73. The van der Waals surface area contributed by atoms with Crippen molar-refractivity contribution >= 4 is 32.8 Å². The van der Waals surface area contributed by atoms with Crippen molar-refractivity contribution in [1.29, 1.82) is 0 Å². The molecule has 1 heterocycles. The maximum Gasteiger partial charge on any atom is 0.343 e. The number of hydrogen-bond acceptors (Lipinski definition) is 4. The zero-order valence-electron chi connectivity index (χ0n) is 10.8. The van der Waals surface area contributed by atoms with E-state index in [1.807, 2.05) is 0 Å². The van der Waals surface area contributed by atoms with E-state index < -0.39 is 17.2 Å². The molecule has 0 saturated carbocycles. The highest BCUT2D eigenvalue weighted by Crippen LogP contribution is 2.33. The van der Waals surface area contributed by atoms with Crippen LogP contribution in [0.1, 0.15) is 17.3 Å². The third kappa shape index (κ3) is 2.29. The number of aromatic nitrogens is 1. The zero-order valence-corrected chi connectivity index (χ0v) is 12.3. The normalized spacial score (nSPS) is 10.6. The molecule has 0 aliphatic carbocycles. The van der Waals surface area contributed by atoms with E-state index in [2.05, 4.69) is 20.9 Å². The molecule has 1 N–H and O–H groups in total. The summed E-state index contributed by atoms with van der Waals surface area (Å²) in [6.45, 7) is 1.78. The Balaban J connectivity index is 2.78. The van der Waals surface area contributed by atoms with Crippen LogP contribution in [0, 0.1) is 5.82 Å². The van der Waals surface area contributed by atoms with Gasteiger partial charge in [0.15, 0.2) is 5.75 Å². The van der Waals surface area contributed by atoms with Crippen LogP contribution in [0.2, 0.25) is 0 Å². The van der Waals surface area contributed by atoms with Gasteiger partial charge in [-0.2, -0.15) is 0 Å². The minimum absolute atomic E-state index is 0.0214. The Hall–Kier alpha value is -1.89. The van der Waals surface area contributed by atoms with Crippen LogP contribution < -0.4 is 10.2 Å². The van der Waals surface area contributed by atoms with E-state index in [1.165, 1.54) is 13.3 Å². The molecule has 0 atom stereocenters. The number of fused-ring (bicyclic) bond motifs is 1. The lowest BCUT2D eigenvalue weighted by Gasteiger charge is -2.09. The Morgan fingerprint density at radius 2 is 2.20 bits per heavy atom. The first-order valence-corrected chi connectivity index (χ1v) is 6.55. The summed E-state index contributed by atoms with van der Waals surface area (Å²) in [4.78, 5) is 26.6. The molecule has 0 unspecified atom stereocenters. The number of carbonyl (C=O) groups is 1. The minimum Gasteiger partial charge on any atom is -0.493 e. The van der Waals surface area contributed by atoms with Crippen LogP contribution in [-0.2, 0) is 4.74 Å². The maximum atomic E-state index is 13.8. The van der Waals surface area contributed by atoms with Crippen molar-refractivity contribution < 1.29 is 18.7 Å². The second kappa shape index (κ2) is 5.62. The minimum atomic E-state index is -0.752. The quantitative estimate of drug-likeness (QED) is 0.870. The summed E-state index contributed by atoms with van der Waals surface area (Å²) < 4.78 is 23.7. The lowest BCUT2D eigenvalue weighted by Crippen LogP contribution is -2.18. The van der Waals surface area contributed by atoms with E-state index in [-0.39, 0.29) is 27.8 Å². The van der Waals surface area contributed by atoms with Crippen molar-refractivity contribution in [2.75, 3.05) is 13.7 Å². The van der Waals surface area contributed by atoms with Crippen LogP contribution in [0.15, 0.2) is 21.5 Å². The topological polar surface area (TPSA) is 68.4 Å². The van der Waals surface area contributed by atoms with E-state index >= 15 is 0 Å². The number of nitrogens with one attached hydrogen (secondary N) is 1. The maximum absolute atomic E-state index is 13.8. The van der Waals surface area contributed by atoms with Crippen molar-refractivity contribution in [3.05, 3.63) is 38.3 Å². The third-order valence-corrected chi connectivity index (χ3v) is 3.46. The number of methoxy groups -OCH3 is 1. The summed E-state index contributed by atoms with van der Waals surface area (Å²) in [6.07, 6.45) is 1.23. The Labute approximate surface area is 121 Å². The second-order valence-electron chi connectivity index (χ2n) is 3.88. The Morgan fingerprint density at radius 1 is 1.50 bits per heavy atom. The number of carbonyl (C=O) groups excluding carboxylic acids is 1. The SMILES string of the molecule is CCOC(=O)c1c[nH]c2c(OC)c(Br)c(F)cc2c1=O. The first-order valence-electron chi connectivity index (χ1n) is 5.75. The lowest BCUT2D eigenvalue weighted by atomic mass is 10.1. The van der Waals surface area contributed by atoms with Gasteiger partial charge in [0.05, 0.1) is 29.1 Å². The van der Waals surface area contributed by atoms with Gasteiger partial charge in [0.2, 0.25) is 5.43 Å². The number of benzene rings is 1. The highest BCUT2D eigenvalue weighted by Gasteiger charge is 2.19. The molecule has 0 saturated heterocycles. The molecule has 1 aromatic heterocycles. The van der Waals surface area contributed by atoms with Gasteiger partial charge in [0.1, 0.15) is 11.4 Å². The first kappa shape index (κ1) is 14.5. The van der Waals surface area contributed by atoms with E-state index in [9.17, 15) is 14.0 Å². The molecule has 0 bridgehead atoms. The average molecular weight is 344 g/mol. The Bertz CT molecular complexity index is 741. The van der Waals surface area contributed by atoms with Gasteiger partial charge in [-0.1, -0.05) is 0 Å². The monoisotopic (exact) mass is 343 g/mol. The number of rotatable bonds is 3. The Morgan fingerprint density at radius 3 is 2.80 bits per heavy atom. The average Bonchev–Trinajstić information content (AvgIpc) is 2.42. The fourth-order valence-electron chi connectivity index (χ4n) is 1.83. The molecule has 5 nitrogen and oxygen atoms in total. The van der Waals surface area contributed by atoms with Crippen LogP contribution in [0.4, 0.5) is 4.39 Å². The zero-order chi connectivity index (χ0) is 14.9. The van der Waals surface area contributed by atoms with Gasteiger partial charge in [0, 0.05) is 6.20 Å². The van der Waals surface area contributed by atoms with Crippen molar-refractivity contribution in [1.82, 2.24) is 4.98 Å². The van der Waals surface area contributed by atoms with E-state index in [0.717, 1.165) is 6.07 Å². The van der Waals surface area contributed by atoms with Gasteiger partial charge in [-0.15, -0.1) is 0 Å². The van der Waals surface area contributed by atoms with Crippen LogP contribution in [0.25, 0.3) is 10.9 Å². The van der Waals surface area contributed by atoms with Gasteiger partial charge in [-0.25, -0.2) is 9.18 Å². The van der Waals surface area contributed by atoms with Crippen molar-refractivity contribution in [3.8, 4) is 5.75 Å². The lowest BCUT2D eigenvalue weighted by molar-refractivity contribution is 0.0524. The molecular weight excluding hydrogens is 333 g/mol. The number of hydrogen-bond donors (Lipinski definition) is 1. The molecule has 0 amide bonds. The first-order chi connectivity index (χ1) is 9.51. The largest absolute Gasteiger partial charge is 0.493 e. The molecule has 0 radical (unpaired) electrons. The summed E-state index contributed by atoms with van der Waals surface area (Å²) in [7, 11) is 1.36. The van der Waals surface area contributed by atoms with Crippen LogP contribution in [0.5, 0.6) is 5.75 Å². The fraction of sp³-hybridized carbons (Fsp3) is 0.231. The molecule has 2 aromatic rings. The summed E-state index contributed by atoms with van der Waals surface area (Å²) in [5, 5.41) is 0.0214. The van der Waals surface area contributed by atoms with E-state index in [4.69, 9.17) is 9.47 Å². The number of halogens is 2. The number of ether oxygens (including phenoxy) is 2. The van der Waals surface area contributed by atoms with Gasteiger partial charge >= 0.3 is 5.97 Å². The molecule has 0 aliphatic rings.